The molecule has 0 aromatic heterocycles. The van der Waals surface area contributed by atoms with Gasteiger partial charge in [0.2, 0.25) is 5.91 Å². The zero-order valence-electron chi connectivity index (χ0n) is 7.85. The minimum atomic E-state index is 0.000556. The van der Waals surface area contributed by atoms with Crippen LogP contribution in [0.4, 0.5) is 0 Å². The van der Waals surface area contributed by atoms with Crippen LogP contribution in [0.3, 0.4) is 0 Å². The van der Waals surface area contributed by atoms with Gasteiger partial charge >= 0.3 is 0 Å². The number of amides is 1. The molecule has 1 saturated heterocycles. The minimum Gasteiger partial charge on any atom is -0.337 e. The molecule has 13 heavy (non-hydrogen) atoms. The highest BCUT2D eigenvalue weighted by Gasteiger charge is 2.26. The third-order valence-corrected chi connectivity index (χ3v) is 2.49. The van der Waals surface area contributed by atoms with E-state index in [1.165, 1.54) is 0 Å². The van der Waals surface area contributed by atoms with Crippen molar-refractivity contribution in [3.63, 3.8) is 0 Å². The molecular weight excluding hydrogens is 232 g/mol. The molecule has 0 aliphatic carbocycles. The van der Waals surface area contributed by atoms with E-state index in [4.69, 9.17) is 0 Å². The number of hydrogen-bond acceptors (Lipinski definition) is 2. The van der Waals surface area contributed by atoms with Gasteiger partial charge in [-0.05, 0) is 19.9 Å². The largest absolute Gasteiger partial charge is 0.337 e. The van der Waals surface area contributed by atoms with Crippen LogP contribution in [-0.2, 0) is 4.79 Å². The summed E-state index contributed by atoms with van der Waals surface area (Å²) in [6.07, 6.45) is 2.01. The summed E-state index contributed by atoms with van der Waals surface area (Å²) in [7, 11) is 1.83. The zero-order chi connectivity index (χ0) is 9.84. The number of nitrogens with one attached hydrogen (secondary N) is 1. The van der Waals surface area contributed by atoms with E-state index in [1.54, 1.807) is 0 Å². The summed E-state index contributed by atoms with van der Waals surface area (Å²) in [4.78, 5) is 13.5. The fraction of sp³-hybridized carbons (Fsp3) is 0.667. The molecule has 1 amide bonds. The molecular formula is C9H15BrN2O. The van der Waals surface area contributed by atoms with Crippen LogP contribution in [0, 0.1) is 0 Å². The second-order valence-electron chi connectivity index (χ2n) is 3.26. The van der Waals surface area contributed by atoms with Crippen LogP contribution < -0.4 is 5.32 Å². The van der Waals surface area contributed by atoms with Gasteiger partial charge in [-0.1, -0.05) is 22.5 Å². The van der Waals surface area contributed by atoms with Gasteiger partial charge in [-0.25, -0.2) is 0 Å². The first kappa shape index (κ1) is 10.7. The first-order valence-electron chi connectivity index (χ1n) is 4.44. The number of likely N-dealkylation sites (N-methyl/N-ethyl adjacent to an activating group) is 1. The Bertz CT molecular complexity index is 218. The molecule has 0 radical (unpaired) electrons. The molecule has 0 saturated carbocycles. The van der Waals surface area contributed by atoms with Gasteiger partial charge in [0.1, 0.15) is 0 Å². The predicted molar refractivity (Wildman–Crippen MR) is 56.7 cm³/mol. The van der Waals surface area contributed by atoms with Crippen LogP contribution in [0.25, 0.3) is 0 Å². The Labute approximate surface area is 87.3 Å². The van der Waals surface area contributed by atoms with Gasteiger partial charge in [-0.2, -0.15) is 0 Å². The second kappa shape index (κ2) is 4.77. The number of likely N-dealkylation sites (tertiary alicyclic amines) is 1. The van der Waals surface area contributed by atoms with Gasteiger partial charge < -0.3 is 10.2 Å². The summed E-state index contributed by atoms with van der Waals surface area (Å²) < 4.78 is 0.859. The van der Waals surface area contributed by atoms with Crippen LogP contribution in [-0.4, -0.2) is 37.0 Å². The number of hydrogen-bond donors (Lipinski definition) is 1. The molecule has 1 heterocycles. The molecule has 1 N–H and O–H groups in total. The van der Waals surface area contributed by atoms with Crippen molar-refractivity contribution in [2.24, 2.45) is 0 Å². The lowest BCUT2D eigenvalue weighted by molar-refractivity contribution is -0.135. The summed E-state index contributed by atoms with van der Waals surface area (Å²) in [5.41, 5.74) is 0. The first-order valence-corrected chi connectivity index (χ1v) is 5.23. The van der Waals surface area contributed by atoms with Crippen molar-refractivity contribution in [3.8, 4) is 0 Å². The molecule has 1 aliphatic heterocycles. The Morgan fingerprint density at radius 2 is 2.54 bits per heavy atom. The molecule has 1 fully saturated rings. The normalized spacial score (nSPS) is 23.4. The number of nitrogens with zero attached hydrogens (tertiary/aromatic N) is 1. The average molecular weight is 247 g/mol. The molecule has 0 aromatic rings. The third-order valence-electron chi connectivity index (χ3n) is 2.24. The van der Waals surface area contributed by atoms with E-state index < -0.39 is 0 Å². The van der Waals surface area contributed by atoms with E-state index in [1.807, 2.05) is 11.9 Å². The molecule has 0 bridgehead atoms. The van der Waals surface area contributed by atoms with Gasteiger partial charge in [0.05, 0.1) is 12.6 Å². The Hall–Kier alpha value is -0.350. The van der Waals surface area contributed by atoms with Gasteiger partial charge in [0, 0.05) is 11.0 Å². The van der Waals surface area contributed by atoms with Crippen molar-refractivity contribution in [3.05, 3.63) is 11.1 Å². The van der Waals surface area contributed by atoms with Crippen LogP contribution in [0.1, 0.15) is 12.8 Å². The lowest BCUT2D eigenvalue weighted by atomic mass is 10.1. The molecule has 3 nitrogen and oxygen atoms in total. The van der Waals surface area contributed by atoms with E-state index in [9.17, 15) is 4.79 Å². The SMILES string of the molecule is C=C(Br)CN1CCCC(NC)C1=O. The lowest BCUT2D eigenvalue weighted by Gasteiger charge is -2.31. The number of carbonyl (C=O) groups is 1. The van der Waals surface area contributed by atoms with E-state index in [0.29, 0.717) is 6.54 Å². The van der Waals surface area contributed by atoms with Crippen LogP contribution in [0.2, 0.25) is 0 Å². The standard InChI is InChI=1S/C9H15BrN2O/c1-7(10)6-12-5-3-4-8(11-2)9(12)13/h8,11H,1,3-6H2,2H3. The van der Waals surface area contributed by atoms with Crippen molar-refractivity contribution in [1.29, 1.82) is 0 Å². The Kier molecular flexibility index (Phi) is 3.93. The minimum absolute atomic E-state index is 0.000556. The maximum absolute atomic E-state index is 11.7. The maximum atomic E-state index is 11.7. The summed E-state index contributed by atoms with van der Waals surface area (Å²) in [5, 5.41) is 3.02. The van der Waals surface area contributed by atoms with Crippen LogP contribution in [0.15, 0.2) is 11.1 Å². The van der Waals surface area contributed by atoms with Gasteiger partial charge in [0.25, 0.3) is 0 Å². The maximum Gasteiger partial charge on any atom is 0.240 e. The van der Waals surface area contributed by atoms with Gasteiger partial charge in [-0.3, -0.25) is 4.79 Å². The van der Waals surface area contributed by atoms with Crippen molar-refractivity contribution in [2.45, 2.75) is 18.9 Å². The van der Waals surface area contributed by atoms with Gasteiger partial charge in [-0.15, -0.1) is 0 Å². The molecule has 4 heteroatoms. The topological polar surface area (TPSA) is 32.3 Å². The highest BCUT2D eigenvalue weighted by molar-refractivity contribution is 9.11. The van der Waals surface area contributed by atoms with Crippen molar-refractivity contribution in [2.75, 3.05) is 20.1 Å². The first-order chi connectivity index (χ1) is 6.15. The third kappa shape index (κ3) is 2.81. The molecule has 0 spiro atoms. The number of piperidine rings is 1. The van der Waals surface area contributed by atoms with Crippen LogP contribution >= 0.6 is 15.9 Å². The monoisotopic (exact) mass is 246 g/mol. The number of halogens is 1. The highest BCUT2D eigenvalue weighted by Crippen LogP contribution is 2.14. The summed E-state index contributed by atoms with van der Waals surface area (Å²) in [5.74, 6) is 0.189. The summed E-state index contributed by atoms with van der Waals surface area (Å²) >= 11 is 3.27. The second-order valence-corrected chi connectivity index (χ2v) is 4.38. The Morgan fingerprint density at radius 1 is 1.85 bits per heavy atom. The summed E-state index contributed by atoms with van der Waals surface area (Å²) in [6, 6.07) is 0.000556. The van der Waals surface area contributed by atoms with Crippen molar-refractivity contribution in [1.82, 2.24) is 10.2 Å². The Balaban J connectivity index is 2.54. The molecule has 1 rings (SSSR count). The van der Waals surface area contributed by atoms with Crippen molar-refractivity contribution >= 4 is 21.8 Å². The molecule has 0 aromatic carbocycles. The lowest BCUT2D eigenvalue weighted by Crippen LogP contribution is -2.49. The zero-order valence-corrected chi connectivity index (χ0v) is 9.43. The van der Waals surface area contributed by atoms with E-state index in [2.05, 4.69) is 27.8 Å². The van der Waals surface area contributed by atoms with Crippen LogP contribution in [0.5, 0.6) is 0 Å². The average Bonchev–Trinajstić information content (AvgIpc) is 2.08. The predicted octanol–water partition coefficient (Wildman–Crippen LogP) is 1.11. The van der Waals surface area contributed by atoms with E-state index in [-0.39, 0.29) is 11.9 Å². The molecule has 74 valence electrons. The van der Waals surface area contributed by atoms with E-state index >= 15 is 0 Å². The smallest absolute Gasteiger partial charge is 0.240 e. The van der Waals surface area contributed by atoms with Gasteiger partial charge in [0.15, 0.2) is 0 Å². The highest BCUT2D eigenvalue weighted by atomic mass is 79.9. The molecule has 1 unspecified atom stereocenters. The summed E-state index contributed by atoms with van der Waals surface area (Å²) in [6.45, 7) is 5.21. The fourth-order valence-corrected chi connectivity index (χ4v) is 1.87. The Morgan fingerprint density at radius 3 is 3.08 bits per heavy atom. The quantitative estimate of drug-likeness (QED) is 0.810. The molecule has 1 aliphatic rings. The number of carbonyl (C=O) groups excluding carboxylic acids is 1. The van der Waals surface area contributed by atoms with Crippen molar-refractivity contribution < 1.29 is 4.79 Å². The fourth-order valence-electron chi connectivity index (χ4n) is 1.57. The molecule has 1 atom stereocenters. The number of rotatable bonds is 3. The van der Waals surface area contributed by atoms with E-state index in [0.717, 1.165) is 23.9 Å².